The molecule has 6 nitrogen and oxygen atoms in total. The highest BCUT2D eigenvalue weighted by Gasteiger charge is 2.20. The van der Waals surface area contributed by atoms with E-state index in [4.69, 9.17) is 25.8 Å². The van der Waals surface area contributed by atoms with E-state index in [2.05, 4.69) is 5.32 Å². The van der Waals surface area contributed by atoms with Crippen molar-refractivity contribution in [3.63, 3.8) is 0 Å². The number of carbonyl (C=O) groups excluding carboxylic acids is 2. The third kappa shape index (κ3) is 4.32. The Morgan fingerprint density at radius 2 is 1.81 bits per heavy atom. The van der Waals surface area contributed by atoms with Crippen LogP contribution in [-0.2, 0) is 9.53 Å². The number of fused-ring (bicyclic) bond motifs is 1. The van der Waals surface area contributed by atoms with Gasteiger partial charge in [0.15, 0.2) is 6.61 Å². The number of hydrogen-bond acceptors (Lipinski definition) is 6. The Morgan fingerprint density at radius 1 is 1.07 bits per heavy atom. The van der Waals surface area contributed by atoms with E-state index in [9.17, 15) is 9.59 Å². The minimum atomic E-state index is -0.652. The largest absolute Gasteiger partial charge is 0.497 e. The molecule has 0 spiro atoms. The van der Waals surface area contributed by atoms with Crippen molar-refractivity contribution in [2.75, 3.05) is 26.1 Å². The Kier molecular flexibility index (Phi) is 5.83. The number of benzene rings is 2. The van der Waals surface area contributed by atoms with Crippen molar-refractivity contribution in [1.29, 1.82) is 0 Å². The summed E-state index contributed by atoms with van der Waals surface area (Å²) in [5.41, 5.74) is 0.544. The predicted octanol–water partition coefficient (Wildman–Crippen LogP) is 4.37. The highest BCUT2D eigenvalue weighted by atomic mass is 35.5. The highest BCUT2D eigenvalue weighted by molar-refractivity contribution is 7.21. The molecule has 0 bridgehead atoms. The fourth-order valence-electron chi connectivity index (χ4n) is 2.40. The Morgan fingerprint density at radius 3 is 2.56 bits per heavy atom. The van der Waals surface area contributed by atoms with Gasteiger partial charge in [-0.1, -0.05) is 17.7 Å². The van der Waals surface area contributed by atoms with Gasteiger partial charge in [0.1, 0.15) is 16.4 Å². The number of nitrogens with one attached hydrogen (secondary N) is 1. The van der Waals surface area contributed by atoms with Gasteiger partial charge in [0, 0.05) is 21.8 Å². The molecule has 0 aliphatic carbocycles. The molecular formula is C19H16ClNO5S. The molecule has 1 aromatic heterocycles. The van der Waals surface area contributed by atoms with Crippen molar-refractivity contribution in [1.82, 2.24) is 0 Å². The van der Waals surface area contributed by atoms with E-state index in [1.165, 1.54) is 18.4 Å². The highest BCUT2D eigenvalue weighted by Crippen LogP contribution is 2.37. The third-order valence-corrected chi connectivity index (χ3v) is 5.35. The summed E-state index contributed by atoms with van der Waals surface area (Å²) in [6, 6.07) is 12.2. The fraction of sp³-hybridized carbons (Fsp3) is 0.158. The smallest absolute Gasteiger partial charge is 0.350 e. The summed E-state index contributed by atoms with van der Waals surface area (Å²) in [7, 11) is 3.10. The van der Waals surface area contributed by atoms with Gasteiger partial charge in [0.2, 0.25) is 0 Å². The number of esters is 1. The zero-order chi connectivity index (χ0) is 19.4. The second-order valence-corrected chi connectivity index (χ2v) is 6.89. The Labute approximate surface area is 164 Å². The van der Waals surface area contributed by atoms with Gasteiger partial charge in [0.05, 0.1) is 19.2 Å². The summed E-state index contributed by atoms with van der Waals surface area (Å²) in [6.45, 7) is -0.427. The first-order valence-electron chi connectivity index (χ1n) is 7.89. The van der Waals surface area contributed by atoms with Crippen molar-refractivity contribution < 1.29 is 23.8 Å². The maximum atomic E-state index is 12.3. The maximum absolute atomic E-state index is 12.3. The van der Waals surface area contributed by atoms with Gasteiger partial charge in [-0.15, -0.1) is 11.3 Å². The van der Waals surface area contributed by atoms with Gasteiger partial charge in [-0.05, 0) is 30.3 Å². The fourth-order valence-corrected chi connectivity index (χ4v) is 3.83. The van der Waals surface area contributed by atoms with Crippen LogP contribution in [0.2, 0.25) is 5.02 Å². The molecule has 1 N–H and O–H groups in total. The summed E-state index contributed by atoms with van der Waals surface area (Å²) in [4.78, 5) is 24.6. The number of ether oxygens (including phenoxy) is 3. The van der Waals surface area contributed by atoms with Gasteiger partial charge in [-0.25, -0.2) is 4.79 Å². The number of amides is 1. The van der Waals surface area contributed by atoms with Gasteiger partial charge >= 0.3 is 5.97 Å². The summed E-state index contributed by atoms with van der Waals surface area (Å²) >= 11 is 7.47. The molecule has 0 saturated carbocycles. The molecule has 0 atom stereocenters. The second-order valence-electron chi connectivity index (χ2n) is 5.46. The number of halogens is 1. The van der Waals surface area contributed by atoms with Crippen molar-refractivity contribution >= 4 is 50.6 Å². The van der Waals surface area contributed by atoms with E-state index in [0.29, 0.717) is 22.2 Å². The number of rotatable bonds is 6. The Balaban J connectivity index is 1.65. The summed E-state index contributed by atoms with van der Waals surface area (Å²) in [5, 5.41) is 3.67. The van der Waals surface area contributed by atoms with E-state index in [1.807, 2.05) is 0 Å². The maximum Gasteiger partial charge on any atom is 0.350 e. The first-order valence-corrected chi connectivity index (χ1v) is 9.08. The summed E-state index contributed by atoms with van der Waals surface area (Å²) in [5.74, 6) is 0.159. The number of methoxy groups -OCH3 is 2. The van der Waals surface area contributed by atoms with Crippen LogP contribution in [0.25, 0.3) is 10.1 Å². The zero-order valence-corrected chi connectivity index (χ0v) is 16.1. The number of thiophene rings is 1. The molecule has 0 saturated heterocycles. The molecule has 1 amide bonds. The van der Waals surface area contributed by atoms with E-state index in [-0.39, 0.29) is 4.88 Å². The molecule has 0 aliphatic heterocycles. The summed E-state index contributed by atoms with van der Waals surface area (Å²) in [6.07, 6.45) is 0. The van der Waals surface area contributed by atoms with Crippen LogP contribution in [-0.4, -0.2) is 32.7 Å². The van der Waals surface area contributed by atoms with Gasteiger partial charge in [-0.2, -0.15) is 0 Å². The number of anilines is 1. The standard InChI is InChI=1S/C19H16ClNO5S/c1-24-12-5-3-4-11(8-12)21-16(22)10-26-19(23)18-17(20)14-7-6-13(25-2)9-15(14)27-18/h3-9H,10H2,1-2H3,(H,21,22). The molecule has 0 fully saturated rings. The molecule has 27 heavy (non-hydrogen) atoms. The van der Waals surface area contributed by atoms with Crippen molar-refractivity contribution in [2.24, 2.45) is 0 Å². The van der Waals surface area contributed by atoms with Crippen LogP contribution in [0.4, 0.5) is 5.69 Å². The zero-order valence-electron chi connectivity index (χ0n) is 14.6. The van der Waals surface area contributed by atoms with Gasteiger partial charge in [-0.3, -0.25) is 4.79 Å². The number of carbonyl (C=O) groups is 2. The Bertz CT molecular complexity index is 1000. The van der Waals surface area contributed by atoms with Crippen LogP contribution in [0.1, 0.15) is 9.67 Å². The van der Waals surface area contributed by atoms with E-state index in [0.717, 1.165) is 10.1 Å². The minimum absolute atomic E-state index is 0.245. The van der Waals surface area contributed by atoms with Crippen molar-refractivity contribution in [3.05, 3.63) is 52.4 Å². The molecule has 2 aromatic carbocycles. The second kappa shape index (κ2) is 8.28. The SMILES string of the molecule is COc1cccc(NC(=O)COC(=O)c2sc3cc(OC)ccc3c2Cl)c1. The molecular weight excluding hydrogens is 390 g/mol. The molecule has 3 rings (SSSR count). The minimum Gasteiger partial charge on any atom is -0.497 e. The van der Waals surface area contributed by atoms with E-state index < -0.39 is 18.5 Å². The molecule has 0 unspecified atom stereocenters. The normalized spacial score (nSPS) is 10.5. The molecule has 0 aliphatic rings. The lowest BCUT2D eigenvalue weighted by Gasteiger charge is -2.07. The lowest BCUT2D eigenvalue weighted by Crippen LogP contribution is -2.20. The topological polar surface area (TPSA) is 73.9 Å². The van der Waals surface area contributed by atoms with Crippen LogP contribution in [0.5, 0.6) is 11.5 Å². The predicted molar refractivity (Wildman–Crippen MR) is 105 cm³/mol. The Hall–Kier alpha value is -2.77. The monoisotopic (exact) mass is 405 g/mol. The van der Waals surface area contributed by atoms with Crippen LogP contribution in [0, 0.1) is 0 Å². The molecule has 3 aromatic rings. The molecule has 1 heterocycles. The quantitative estimate of drug-likeness (QED) is 0.616. The van der Waals surface area contributed by atoms with Crippen molar-refractivity contribution in [2.45, 2.75) is 0 Å². The third-order valence-electron chi connectivity index (χ3n) is 3.71. The molecule has 140 valence electrons. The van der Waals surface area contributed by atoms with Crippen LogP contribution >= 0.6 is 22.9 Å². The van der Waals surface area contributed by atoms with Crippen LogP contribution < -0.4 is 14.8 Å². The van der Waals surface area contributed by atoms with E-state index >= 15 is 0 Å². The van der Waals surface area contributed by atoms with Gasteiger partial charge in [0.25, 0.3) is 5.91 Å². The first-order chi connectivity index (χ1) is 13.0. The van der Waals surface area contributed by atoms with Crippen molar-refractivity contribution in [3.8, 4) is 11.5 Å². The van der Waals surface area contributed by atoms with Crippen LogP contribution in [0.3, 0.4) is 0 Å². The lowest BCUT2D eigenvalue weighted by molar-refractivity contribution is -0.119. The first kappa shape index (κ1) is 19.0. The summed E-state index contributed by atoms with van der Waals surface area (Å²) < 4.78 is 16.2. The lowest BCUT2D eigenvalue weighted by atomic mass is 10.2. The molecule has 8 heteroatoms. The average Bonchev–Trinajstić information content (AvgIpc) is 3.02. The average molecular weight is 406 g/mol. The van der Waals surface area contributed by atoms with E-state index in [1.54, 1.807) is 49.6 Å². The van der Waals surface area contributed by atoms with Gasteiger partial charge < -0.3 is 19.5 Å². The molecule has 0 radical (unpaired) electrons. The number of hydrogen-bond donors (Lipinski definition) is 1. The van der Waals surface area contributed by atoms with Crippen LogP contribution in [0.15, 0.2) is 42.5 Å².